The van der Waals surface area contributed by atoms with Gasteiger partial charge >= 0.3 is 0 Å². The highest BCUT2D eigenvalue weighted by Crippen LogP contribution is 2.27. The number of benzene rings is 1. The summed E-state index contributed by atoms with van der Waals surface area (Å²) in [5, 5.41) is 7.76. The third-order valence-electron chi connectivity index (χ3n) is 2.37. The van der Waals surface area contributed by atoms with E-state index in [1.165, 1.54) is 0 Å². The standard InChI is InChI=1S/C11H16Cl2N2/c1-14-6-5-11(15-2)9-4-3-8(12)7-10(9)13/h3-4,7,11,14-15H,5-6H2,1-2H3. The van der Waals surface area contributed by atoms with Crippen molar-refractivity contribution in [1.29, 1.82) is 0 Å². The molecule has 84 valence electrons. The van der Waals surface area contributed by atoms with Crippen molar-refractivity contribution in [3.05, 3.63) is 33.8 Å². The Morgan fingerprint density at radius 2 is 2.00 bits per heavy atom. The maximum absolute atomic E-state index is 6.14. The van der Waals surface area contributed by atoms with E-state index >= 15 is 0 Å². The summed E-state index contributed by atoms with van der Waals surface area (Å²) in [5.41, 5.74) is 1.10. The minimum atomic E-state index is 0.266. The molecular weight excluding hydrogens is 231 g/mol. The number of halogens is 2. The van der Waals surface area contributed by atoms with Gasteiger partial charge in [-0.3, -0.25) is 0 Å². The highest BCUT2D eigenvalue weighted by molar-refractivity contribution is 6.35. The molecule has 0 amide bonds. The molecule has 2 nitrogen and oxygen atoms in total. The Kier molecular flexibility index (Phi) is 5.40. The molecular formula is C11H16Cl2N2. The third kappa shape index (κ3) is 3.65. The van der Waals surface area contributed by atoms with Gasteiger partial charge in [0, 0.05) is 16.1 Å². The van der Waals surface area contributed by atoms with Gasteiger partial charge in [0.05, 0.1) is 0 Å². The zero-order valence-corrected chi connectivity index (χ0v) is 10.5. The summed E-state index contributed by atoms with van der Waals surface area (Å²) in [6.07, 6.45) is 0.994. The minimum Gasteiger partial charge on any atom is -0.320 e. The van der Waals surface area contributed by atoms with E-state index < -0.39 is 0 Å². The van der Waals surface area contributed by atoms with Crippen molar-refractivity contribution in [2.75, 3.05) is 20.6 Å². The topological polar surface area (TPSA) is 24.1 Å². The van der Waals surface area contributed by atoms with Crippen molar-refractivity contribution in [2.24, 2.45) is 0 Å². The molecule has 0 saturated carbocycles. The lowest BCUT2D eigenvalue weighted by Crippen LogP contribution is -2.21. The first kappa shape index (κ1) is 12.8. The molecule has 0 bridgehead atoms. The molecule has 0 saturated heterocycles. The van der Waals surface area contributed by atoms with Crippen molar-refractivity contribution >= 4 is 23.2 Å². The van der Waals surface area contributed by atoms with Crippen molar-refractivity contribution in [3.8, 4) is 0 Å². The van der Waals surface area contributed by atoms with E-state index in [9.17, 15) is 0 Å². The molecule has 0 aliphatic carbocycles. The summed E-state index contributed by atoms with van der Waals surface area (Å²) in [6.45, 7) is 0.949. The van der Waals surface area contributed by atoms with Gasteiger partial charge in [-0.1, -0.05) is 29.3 Å². The van der Waals surface area contributed by atoms with E-state index in [0.717, 1.165) is 23.6 Å². The molecule has 1 rings (SSSR count). The van der Waals surface area contributed by atoms with Crippen LogP contribution in [-0.4, -0.2) is 20.6 Å². The Balaban J connectivity index is 2.81. The first-order chi connectivity index (χ1) is 7.19. The molecule has 0 radical (unpaired) electrons. The smallest absolute Gasteiger partial charge is 0.0468 e. The molecule has 0 fully saturated rings. The number of hydrogen-bond donors (Lipinski definition) is 2. The molecule has 0 aliphatic heterocycles. The van der Waals surface area contributed by atoms with Crippen molar-refractivity contribution in [3.63, 3.8) is 0 Å². The van der Waals surface area contributed by atoms with Gasteiger partial charge in [0.15, 0.2) is 0 Å². The molecule has 0 heterocycles. The molecule has 1 atom stereocenters. The second-order valence-electron chi connectivity index (χ2n) is 3.40. The second-order valence-corrected chi connectivity index (χ2v) is 4.24. The first-order valence-electron chi connectivity index (χ1n) is 4.96. The highest BCUT2D eigenvalue weighted by Gasteiger charge is 2.12. The van der Waals surface area contributed by atoms with Gasteiger partial charge in [-0.25, -0.2) is 0 Å². The van der Waals surface area contributed by atoms with E-state index in [0.29, 0.717) is 5.02 Å². The quantitative estimate of drug-likeness (QED) is 0.836. The fourth-order valence-corrected chi connectivity index (χ4v) is 2.07. The average molecular weight is 247 g/mol. The molecule has 0 aromatic heterocycles. The molecule has 2 N–H and O–H groups in total. The summed E-state index contributed by atoms with van der Waals surface area (Å²) >= 11 is 12.0. The van der Waals surface area contributed by atoms with E-state index in [1.54, 1.807) is 6.07 Å². The molecule has 1 aromatic carbocycles. The maximum Gasteiger partial charge on any atom is 0.0468 e. The van der Waals surface area contributed by atoms with E-state index in [4.69, 9.17) is 23.2 Å². The van der Waals surface area contributed by atoms with E-state index in [1.807, 2.05) is 26.2 Å². The van der Waals surface area contributed by atoms with Gasteiger partial charge in [-0.05, 0) is 44.8 Å². The van der Waals surface area contributed by atoms with Gasteiger partial charge in [-0.2, -0.15) is 0 Å². The third-order valence-corrected chi connectivity index (χ3v) is 2.93. The minimum absolute atomic E-state index is 0.266. The van der Waals surface area contributed by atoms with Crippen molar-refractivity contribution < 1.29 is 0 Å². The van der Waals surface area contributed by atoms with Crippen LogP contribution < -0.4 is 10.6 Å². The van der Waals surface area contributed by atoms with Crippen LogP contribution in [0.5, 0.6) is 0 Å². The zero-order valence-electron chi connectivity index (χ0n) is 8.98. The van der Waals surface area contributed by atoms with Crippen LogP contribution >= 0.6 is 23.2 Å². The van der Waals surface area contributed by atoms with Crippen LogP contribution in [0.2, 0.25) is 10.0 Å². The predicted octanol–water partition coefficient (Wildman–Crippen LogP) is 2.86. The normalized spacial score (nSPS) is 12.8. The van der Waals surface area contributed by atoms with Crippen molar-refractivity contribution in [1.82, 2.24) is 10.6 Å². The summed E-state index contributed by atoms with van der Waals surface area (Å²) in [4.78, 5) is 0. The van der Waals surface area contributed by atoms with Crippen LogP contribution in [0.4, 0.5) is 0 Å². The number of hydrogen-bond acceptors (Lipinski definition) is 2. The largest absolute Gasteiger partial charge is 0.320 e. The Morgan fingerprint density at radius 3 is 2.53 bits per heavy atom. The lowest BCUT2D eigenvalue weighted by Gasteiger charge is -2.17. The number of nitrogens with one attached hydrogen (secondary N) is 2. The van der Waals surface area contributed by atoms with Crippen LogP contribution in [-0.2, 0) is 0 Å². The Hall–Kier alpha value is -0.280. The SMILES string of the molecule is CNCCC(NC)c1ccc(Cl)cc1Cl. The van der Waals surface area contributed by atoms with Gasteiger partial charge < -0.3 is 10.6 Å². The van der Waals surface area contributed by atoms with Crippen LogP contribution in [0.3, 0.4) is 0 Å². The van der Waals surface area contributed by atoms with E-state index in [2.05, 4.69) is 10.6 Å². The maximum atomic E-state index is 6.14. The first-order valence-corrected chi connectivity index (χ1v) is 5.71. The summed E-state index contributed by atoms with van der Waals surface area (Å²) in [6, 6.07) is 5.89. The highest BCUT2D eigenvalue weighted by atomic mass is 35.5. The van der Waals surface area contributed by atoms with Crippen molar-refractivity contribution in [2.45, 2.75) is 12.5 Å². The lowest BCUT2D eigenvalue weighted by atomic mass is 10.0. The van der Waals surface area contributed by atoms with Crippen LogP contribution in [0.15, 0.2) is 18.2 Å². The van der Waals surface area contributed by atoms with Crippen LogP contribution in [0.1, 0.15) is 18.0 Å². The lowest BCUT2D eigenvalue weighted by molar-refractivity contribution is 0.533. The fraction of sp³-hybridized carbons (Fsp3) is 0.455. The molecule has 0 aliphatic rings. The zero-order chi connectivity index (χ0) is 11.3. The van der Waals surface area contributed by atoms with Crippen LogP contribution in [0, 0.1) is 0 Å². The van der Waals surface area contributed by atoms with E-state index in [-0.39, 0.29) is 6.04 Å². The molecule has 0 spiro atoms. The monoisotopic (exact) mass is 246 g/mol. The van der Waals surface area contributed by atoms with Gasteiger partial charge in [0.25, 0.3) is 0 Å². The average Bonchev–Trinajstić information content (AvgIpc) is 2.21. The van der Waals surface area contributed by atoms with Gasteiger partial charge in [-0.15, -0.1) is 0 Å². The fourth-order valence-electron chi connectivity index (χ4n) is 1.53. The summed E-state index contributed by atoms with van der Waals surface area (Å²) < 4.78 is 0. The molecule has 4 heteroatoms. The molecule has 15 heavy (non-hydrogen) atoms. The Labute approximate surface area is 101 Å². The number of rotatable bonds is 5. The van der Waals surface area contributed by atoms with Gasteiger partial charge in [0.2, 0.25) is 0 Å². The molecule has 1 unspecified atom stereocenters. The Morgan fingerprint density at radius 1 is 1.27 bits per heavy atom. The van der Waals surface area contributed by atoms with Crippen LogP contribution in [0.25, 0.3) is 0 Å². The van der Waals surface area contributed by atoms with Gasteiger partial charge in [0.1, 0.15) is 0 Å². The summed E-state index contributed by atoms with van der Waals surface area (Å²) in [5.74, 6) is 0. The Bertz CT molecular complexity index is 315. The molecule has 1 aromatic rings. The second kappa shape index (κ2) is 6.33. The summed E-state index contributed by atoms with van der Waals surface area (Å²) in [7, 11) is 3.88. The predicted molar refractivity (Wildman–Crippen MR) is 66.8 cm³/mol.